The molecule has 1 amide bonds. The smallest absolute Gasteiger partial charge is 0.335 e. The van der Waals surface area contributed by atoms with Crippen molar-refractivity contribution < 1.29 is 14.7 Å². The second-order valence-electron chi connectivity index (χ2n) is 6.76. The number of rotatable bonds is 5. The maximum absolute atomic E-state index is 12.6. The zero-order chi connectivity index (χ0) is 22.7. The quantitative estimate of drug-likeness (QED) is 0.346. The number of benzene rings is 2. The van der Waals surface area contributed by atoms with Gasteiger partial charge in [0.15, 0.2) is 0 Å². The molecule has 2 N–H and O–H groups in total. The molecule has 31 heavy (non-hydrogen) atoms. The molecular formula is C23H17BrClN3O3. The summed E-state index contributed by atoms with van der Waals surface area (Å²) in [6, 6.07) is 15.2. The third kappa shape index (κ3) is 4.88. The number of nitrogens with zero attached hydrogens (tertiary/aromatic N) is 2. The molecule has 0 bridgehead atoms. The van der Waals surface area contributed by atoms with Gasteiger partial charge in [-0.2, -0.15) is 5.26 Å². The molecule has 0 aliphatic carbocycles. The number of hydrogen-bond acceptors (Lipinski definition) is 3. The minimum absolute atomic E-state index is 0.0615. The standard InChI is InChI=1S/C23H17BrClN3O3/c1-13-9-16(10-17(12-26)22(29)27-19-6-4-18(24)5-7-19)14(2)28(13)21-11-15(23(30)31)3-8-20(21)25/h3-11H,1-2H3,(H,27,29)(H,30,31)/b17-10-. The average molecular weight is 499 g/mol. The summed E-state index contributed by atoms with van der Waals surface area (Å²) in [5.41, 5.74) is 3.26. The van der Waals surface area contributed by atoms with Gasteiger partial charge in [-0.25, -0.2) is 4.79 Å². The molecular weight excluding hydrogens is 482 g/mol. The molecule has 3 rings (SSSR count). The number of nitrogens with one attached hydrogen (secondary N) is 1. The van der Waals surface area contributed by atoms with E-state index >= 15 is 0 Å². The summed E-state index contributed by atoms with van der Waals surface area (Å²) < 4.78 is 2.67. The lowest BCUT2D eigenvalue weighted by atomic mass is 10.1. The topological polar surface area (TPSA) is 95.1 Å². The highest BCUT2D eigenvalue weighted by molar-refractivity contribution is 9.10. The SMILES string of the molecule is Cc1cc(/C=C(/C#N)C(=O)Nc2ccc(Br)cc2)c(C)n1-c1cc(C(=O)O)ccc1Cl. The molecule has 3 aromatic rings. The first kappa shape index (κ1) is 22.3. The third-order valence-electron chi connectivity index (χ3n) is 4.67. The van der Waals surface area contributed by atoms with Crippen molar-refractivity contribution in [1.29, 1.82) is 5.26 Å². The number of amides is 1. The van der Waals surface area contributed by atoms with E-state index in [0.717, 1.165) is 10.2 Å². The first-order chi connectivity index (χ1) is 14.7. The third-order valence-corrected chi connectivity index (χ3v) is 5.52. The van der Waals surface area contributed by atoms with Gasteiger partial charge in [-0.05, 0) is 74.0 Å². The van der Waals surface area contributed by atoms with E-state index in [9.17, 15) is 20.0 Å². The number of halogens is 2. The van der Waals surface area contributed by atoms with E-state index in [1.54, 1.807) is 28.8 Å². The molecule has 156 valence electrons. The van der Waals surface area contributed by atoms with Gasteiger partial charge in [-0.1, -0.05) is 27.5 Å². The maximum Gasteiger partial charge on any atom is 0.335 e. The molecule has 1 heterocycles. The molecule has 0 atom stereocenters. The molecule has 0 unspecified atom stereocenters. The minimum Gasteiger partial charge on any atom is -0.478 e. The van der Waals surface area contributed by atoms with Crippen molar-refractivity contribution >= 4 is 51.2 Å². The van der Waals surface area contributed by atoms with Crippen LogP contribution < -0.4 is 5.32 Å². The van der Waals surface area contributed by atoms with Gasteiger partial charge < -0.3 is 15.0 Å². The van der Waals surface area contributed by atoms with Crippen LogP contribution in [0, 0.1) is 25.2 Å². The van der Waals surface area contributed by atoms with Crippen molar-refractivity contribution in [3.05, 3.63) is 86.1 Å². The fraction of sp³-hybridized carbons (Fsp3) is 0.0870. The predicted octanol–water partition coefficient (Wildman–Crippen LogP) is 5.75. The van der Waals surface area contributed by atoms with Crippen LogP contribution in [0.15, 0.2) is 58.6 Å². The van der Waals surface area contributed by atoms with E-state index in [-0.39, 0.29) is 11.1 Å². The fourth-order valence-electron chi connectivity index (χ4n) is 3.16. The number of hydrogen-bond donors (Lipinski definition) is 2. The second kappa shape index (κ2) is 9.21. The van der Waals surface area contributed by atoms with Gasteiger partial charge in [-0.15, -0.1) is 0 Å². The van der Waals surface area contributed by atoms with Crippen molar-refractivity contribution in [2.45, 2.75) is 13.8 Å². The van der Waals surface area contributed by atoms with Crippen LogP contribution in [0.3, 0.4) is 0 Å². The average Bonchev–Trinajstić information content (AvgIpc) is 3.01. The van der Waals surface area contributed by atoms with Crippen molar-refractivity contribution in [3.8, 4) is 11.8 Å². The van der Waals surface area contributed by atoms with E-state index < -0.39 is 11.9 Å². The highest BCUT2D eigenvalue weighted by Crippen LogP contribution is 2.29. The van der Waals surface area contributed by atoms with Gasteiger partial charge in [-0.3, -0.25) is 4.79 Å². The Balaban J connectivity index is 1.99. The van der Waals surface area contributed by atoms with Crippen LogP contribution in [-0.4, -0.2) is 21.6 Å². The van der Waals surface area contributed by atoms with Crippen LogP contribution in [-0.2, 0) is 4.79 Å². The van der Waals surface area contributed by atoms with Gasteiger partial charge >= 0.3 is 5.97 Å². The van der Waals surface area contributed by atoms with Crippen molar-refractivity contribution in [2.24, 2.45) is 0 Å². The molecule has 0 radical (unpaired) electrons. The maximum atomic E-state index is 12.6. The zero-order valence-corrected chi connectivity index (χ0v) is 19.0. The normalized spacial score (nSPS) is 11.1. The number of carbonyl (C=O) groups excluding carboxylic acids is 1. The van der Waals surface area contributed by atoms with Crippen molar-refractivity contribution in [1.82, 2.24) is 4.57 Å². The molecule has 0 saturated carbocycles. The Morgan fingerprint density at radius 2 is 1.84 bits per heavy atom. The number of nitriles is 1. The number of carbonyl (C=O) groups is 2. The van der Waals surface area contributed by atoms with Gasteiger partial charge in [0, 0.05) is 21.5 Å². The lowest BCUT2D eigenvalue weighted by Gasteiger charge is -2.12. The van der Waals surface area contributed by atoms with E-state index in [0.29, 0.717) is 27.7 Å². The number of anilines is 1. The van der Waals surface area contributed by atoms with Gasteiger partial charge in [0.2, 0.25) is 0 Å². The van der Waals surface area contributed by atoms with Gasteiger partial charge in [0.05, 0.1) is 16.3 Å². The van der Waals surface area contributed by atoms with Crippen LogP contribution in [0.5, 0.6) is 0 Å². The van der Waals surface area contributed by atoms with E-state index in [4.69, 9.17) is 11.6 Å². The van der Waals surface area contributed by atoms with Crippen LogP contribution in [0.2, 0.25) is 5.02 Å². The molecule has 0 aliphatic rings. The van der Waals surface area contributed by atoms with Crippen LogP contribution in [0.25, 0.3) is 11.8 Å². The van der Waals surface area contributed by atoms with Crippen LogP contribution in [0.4, 0.5) is 5.69 Å². The molecule has 0 spiro atoms. The Hall–Kier alpha value is -3.34. The molecule has 0 fully saturated rings. The van der Waals surface area contributed by atoms with E-state index in [1.165, 1.54) is 24.3 Å². The number of carboxylic acid groups (broad SMARTS) is 1. The molecule has 8 heteroatoms. The van der Waals surface area contributed by atoms with Crippen molar-refractivity contribution in [3.63, 3.8) is 0 Å². The second-order valence-corrected chi connectivity index (χ2v) is 8.09. The summed E-state index contributed by atoms with van der Waals surface area (Å²) >= 11 is 9.66. The summed E-state index contributed by atoms with van der Waals surface area (Å²) in [6.45, 7) is 3.65. The predicted molar refractivity (Wildman–Crippen MR) is 124 cm³/mol. The number of aromatic carboxylic acids is 1. The Bertz CT molecular complexity index is 1250. The summed E-state index contributed by atoms with van der Waals surface area (Å²) in [4.78, 5) is 23.9. The molecule has 0 saturated heterocycles. The summed E-state index contributed by atoms with van der Waals surface area (Å²) in [5.74, 6) is -1.59. The highest BCUT2D eigenvalue weighted by Gasteiger charge is 2.17. The Morgan fingerprint density at radius 3 is 2.45 bits per heavy atom. The monoisotopic (exact) mass is 497 g/mol. The van der Waals surface area contributed by atoms with Crippen LogP contribution in [0.1, 0.15) is 27.3 Å². The minimum atomic E-state index is -1.06. The molecule has 2 aromatic carbocycles. The van der Waals surface area contributed by atoms with E-state index in [2.05, 4.69) is 21.2 Å². The molecule has 0 aliphatic heterocycles. The summed E-state index contributed by atoms with van der Waals surface area (Å²) in [5, 5.41) is 21.9. The van der Waals surface area contributed by atoms with E-state index in [1.807, 2.05) is 26.0 Å². The molecule has 1 aromatic heterocycles. The Kier molecular flexibility index (Phi) is 6.64. The first-order valence-electron chi connectivity index (χ1n) is 9.12. The zero-order valence-electron chi connectivity index (χ0n) is 16.6. The van der Waals surface area contributed by atoms with Gasteiger partial charge in [0.1, 0.15) is 11.6 Å². The van der Waals surface area contributed by atoms with Crippen LogP contribution >= 0.6 is 27.5 Å². The number of aromatic nitrogens is 1. The Morgan fingerprint density at radius 1 is 1.16 bits per heavy atom. The van der Waals surface area contributed by atoms with Gasteiger partial charge in [0.25, 0.3) is 5.91 Å². The lowest BCUT2D eigenvalue weighted by Crippen LogP contribution is -2.13. The summed E-state index contributed by atoms with van der Waals surface area (Å²) in [6.07, 6.45) is 1.50. The Labute approximate surface area is 192 Å². The summed E-state index contributed by atoms with van der Waals surface area (Å²) in [7, 11) is 0. The first-order valence-corrected chi connectivity index (χ1v) is 10.3. The van der Waals surface area contributed by atoms with Crippen molar-refractivity contribution in [2.75, 3.05) is 5.32 Å². The molecule has 6 nitrogen and oxygen atoms in total. The lowest BCUT2D eigenvalue weighted by molar-refractivity contribution is -0.112. The fourth-order valence-corrected chi connectivity index (χ4v) is 3.62. The number of carboxylic acids is 1. The largest absolute Gasteiger partial charge is 0.478 e. The number of aryl methyl sites for hydroxylation is 1. The highest BCUT2D eigenvalue weighted by atomic mass is 79.9.